The van der Waals surface area contributed by atoms with Gasteiger partial charge in [-0.25, -0.2) is 0 Å². The maximum Gasteiger partial charge on any atom is 0.150 e. The molecule has 0 spiro atoms. The lowest BCUT2D eigenvalue weighted by Gasteiger charge is -1.98. The van der Waals surface area contributed by atoms with Gasteiger partial charge in [-0.3, -0.25) is 4.79 Å². The van der Waals surface area contributed by atoms with Crippen molar-refractivity contribution in [3.8, 4) is 5.75 Å². The Kier molecular flexibility index (Phi) is 1.81. The van der Waals surface area contributed by atoms with E-state index in [-0.39, 0.29) is 0 Å². The molecule has 66 valence electrons. The summed E-state index contributed by atoms with van der Waals surface area (Å²) in [6.45, 7) is 1.89. The Bertz CT molecular complexity index is 471. The summed E-state index contributed by atoms with van der Waals surface area (Å²) in [5.74, 6) is 0.292. The van der Waals surface area contributed by atoms with E-state index in [1.54, 1.807) is 17.5 Å². The maximum atomic E-state index is 10.6. The van der Waals surface area contributed by atoms with Crippen LogP contribution < -0.4 is 0 Å². The second kappa shape index (κ2) is 2.85. The third-order valence-electron chi connectivity index (χ3n) is 2.14. The molecule has 0 saturated carbocycles. The molecular formula is C10H8O2S. The van der Waals surface area contributed by atoms with Crippen molar-refractivity contribution in [2.45, 2.75) is 6.92 Å². The molecule has 0 amide bonds. The molecule has 0 aliphatic heterocycles. The fourth-order valence-corrected chi connectivity index (χ4v) is 2.32. The molecule has 0 saturated heterocycles. The quantitative estimate of drug-likeness (QED) is 0.705. The van der Waals surface area contributed by atoms with Gasteiger partial charge >= 0.3 is 0 Å². The summed E-state index contributed by atoms with van der Waals surface area (Å²) < 4.78 is 0.988. The van der Waals surface area contributed by atoms with E-state index in [4.69, 9.17) is 0 Å². The van der Waals surface area contributed by atoms with E-state index in [9.17, 15) is 9.90 Å². The summed E-state index contributed by atoms with van der Waals surface area (Å²) in [5, 5.41) is 11.9. The maximum absolute atomic E-state index is 10.6. The number of hydrogen-bond acceptors (Lipinski definition) is 3. The predicted octanol–water partition coefficient (Wildman–Crippen LogP) is 2.73. The highest BCUT2D eigenvalue weighted by molar-refractivity contribution is 7.17. The van der Waals surface area contributed by atoms with E-state index in [0.717, 1.165) is 21.9 Å². The molecule has 3 heteroatoms. The third-order valence-corrected chi connectivity index (χ3v) is 3.24. The number of benzene rings is 1. The minimum absolute atomic E-state index is 0.292. The highest BCUT2D eigenvalue weighted by Crippen LogP contribution is 2.34. The van der Waals surface area contributed by atoms with Gasteiger partial charge in [0.05, 0.1) is 0 Å². The SMILES string of the molecule is Cc1c(C=O)ccc2c(O)csc12. The van der Waals surface area contributed by atoms with Crippen molar-refractivity contribution >= 4 is 27.7 Å². The number of carbonyl (C=O) groups is 1. The minimum atomic E-state index is 0.292. The van der Waals surface area contributed by atoms with E-state index in [1.165, 1.54) is 11.3 Å². The molecule has 13 heavy (non-hydrogen) atoms. The first-order valence-corrected chi connectivity index (χ1v) is 4.77. The molecule has 0 unspecified atom stereocenters. The van der Waals surface area contributed by atoms with E-state index >= 15 is 0 Å². The van der Waals surface area contributed by atoms with Gasteiger partial charge in [-0.05, 0) is 18.6 Å². The normalized spacial score (nSPS) is 10.5. The first kappa shape index (κ1) is 8.26. The number of carbonyl (C=O) groups excluding carboxylic acids is 1. The topological polar surface area (TPSA) is 37.3 Å². The summed E-state index contributed by atoms with van der Waals surface area (Å²) in [5.41, 5.74) is 1.63. The first-order chi connectivity index (χ1) is 6.24. The summed E-state index contributed by atoms with van der Waals surface area (Å²) in [6, 6.07) is 3.51. The largest absolute Gasteiger partial charge is 0.506 e. The zero-order chi connectivity index (χ0) is 9.42. The van der Waals surface area contributed by atoms with Crippen molar-refractivity contribution in [3.05, 3.63) is 28.6 Å². The second-order valence-corrected chi connectivity index (χ2v) is 3.77. The molecule has 1 N–H and O–H groups in total. The van der Waals surface area contributed by atoms with Crippen LogP contribution in [0.4, 0.5) is 0 Å². The van der Waals surface area contributed by atoms with Crippen molar-refractivity contribution in [2.75, 3.05) is 0 Å². The highest BCUT2D eigenvalue weighted by Gasteiger charge is 2.07. The Labute approximate surface area is 79.4 Å². The van der Waals surface area contributed by atoms with Crippen LogP contribution in [0.5, 0.6) is 5.75 Å². The molecule has 1 aromatic heterocycles. The van der Waals surface area contributed by atoms with E-state index in [2.05, 4.69) is 0 Å². The van der Waals surface area contributed by atoms with Crippen LogP contribution in [0, 0.1) is 6.92 Å². The molecule has 0 bridgehead atoms. The number of aryl methyl sites for hydroxylation is 1. The molecule has 2 rings (SSSR count). The zero-order valence-corrected chi connectivity index (χ0v) is 7.89. The van der Waals surface area contributed by atoms with Gasteiger partial charge in [0.2, 0.25) is 0 Å². The van der Waals surface area contributed by atoms with E-state index in [0.29, 0.717) is 11.3 Å². The Balaban J connectivity index is 2.87. The van der Waals surface area contributed by atoms with Gasteiger partial charge in [0.15, 0.2) is 0 Å². The van der Waals surface area contributed by atoms with Crippen LogP contribution in [0.2, 0.25) is 0 Å². The van der Waals surface area contributed by atoms with Crippen molar-refractivity contribution in [1.82, 2.24) is 0 Å². The van der Waals surface area contributed by atoms with Crippen molar-refractivity contribution in [3.63, 3.8) is 0 Å². The van der Waals surface area contributed by atoms with Crippen LogP contribution >= 0.6 is 11.3 Å². The Morgan fingerprint density at radius 3 is 2.92 bits per heavy atom. The van der Waals surface area contributed by atoms with Gasteiger partial charge in [-0.1, -0.05) is 6.07 Å². The average molecular weight is 192 g/mol. The molecule has 0 aliphatic rings. The number of aldehydes is 1. The van der Waals surface area contributed by atoms with Crippen molar-refractivity contribution < 1.29 is 9.90 Å². The van der Waals surface area contributed by atoms with Crippen LogP contribution in [-0.4, -0.2) is 11.4 Å². The van der Waals surface area contributed by atoms with Crippen LogP contribution in [0.15, 0.2) is 17.5 Å². The number of aromatic hydroxyl groups is 1. The summed E-state index contributed by atoms with van der Waals surface area (Å²) in [4.78, 5) is 10.6. The predicted molar refractivity (Wildman–Crippen MR) is 53.6 cm³/mol. The monoisotopic (exact) mass is 192 g/mol. The minimum Gasteiger partial charge on any atom is -0.506 e. The summed E-state index contributed by atoms with van der Waals surface area (Å²) >= 11 is 1.46. The second-order valence-electron chi connectivity index (χ2n) is 2.90. The number of hydrogen-bond donors (Lipinski definition) is 1. The van der Waals surface area contributed by atoms with Gasteiger partial charge in [0.1, 0.15) is 12.0 Å². The highest BCUT2D eigenvalue weighted by atomic mass is 32.1. The summed E-state index contributed by atoms with van der Waals surface area (Å²) in [6.07, 6.45) is 0.839. The standard InChI is InChI=1S/C10H8O2S/c1-6-7(4-11)2-3-8-9(12)5-13-10(6)8/h2-5,12H,1H3. The van der Waals surface area contributed by atoms with Crippen LogP contribution in [0.3, 0.4) is 0 Å². The zero-order valence-electron chi connectivity index (χ0n) is 7.07. The van der Waals surface area contributed by atoms with Crippen LogP contribution in [0.25, 0.3) is 10.1 Å². The lowest BCUT2D eigenvalue weighted by Crippen LogP contribution is -1.84. The number of thiophene rings is 1. The van der Waals surface area contributed by atoms with Gasteiger partial charge < -0.3 is 5.11 Å². The fraction of sp³-hybridized carbons (Fsp3) is 0.100. The van der Waals surface area contributed by atoms with Crippen LogP contribution in [0.1, 0.15) is 15.9 Å². The van der Waals surface area contributed by atoms with Gasteiger partial charge in [-0.2, -0.15) is 0 Å². The number of fused-ring (bicyclic) bond motifs is 1. The molecule has 0 atom stereocenters. The third kappa shape index (κ3) is 1.12. The average Bonchev–Trinajstić information content (AvgIpc) is 2.50. The van der Waals surface area contributed by atoms with Gasteiger partial charge in [0.25, 0.3) is 0 Å². The van der Waals surface area contributed by atoms with E-state index < -0.39 is 0 Å². The first-order valence-electron chi connectivity index (χ1n) is 3.89. The van der Waals surface area contributed by atoms with Crippen molar-refractivity contribution in [2.24, 2.45) is 0 Å². The summed E-state index contributed by atoms with van der Waals surface area (Å²) in [7, 11) is 0. The molecule has 2 aromatic rings. The molecule has 2 nitrogen and oxygen atoms in total. The molecule has 0 radical (unpaired) electrons. The fourth-order valence-electron chi connectivity index (χ4n) is 1.37. The molecule has 1 heterocycles. The Morgan fingerprint density at radius 2 is 2.23 bits per heavy atom. The Hall–Kier alpha value is -1.35. The molecule has 0 aliphatic carbocycles. The molecule has 0 fully saturated rings. The lowest BCUT2D eigenvalue weighted by atomic mass is 10.1. The lowest BCUT2D eigenvalue weighted by molar-refractivity contribution is 0.112. The van der Waals surface area contributed by atoms with Gasteiger partial charge in [-0.15, -0.1) is 11.3 Å². The smallest absolute Gasteiger partial charge is 0.150 e. The molecular weight excluding hydrogens is 184 g/mol. The van der Waals surface area contributed by atoms with Crippen molar-refractivity contribution in [1.29, 1.82) is 0 Å². The van der Waals surface area contributed by atoms with Gasteiger partial charge in [0, 0.05) is 21.0 Å². The molecule has 1 aromatic carbocycles. The number of rotatable bonds is 1. The van der Waals surface area contributed by atoms with Crippen LogP contribution in [-0.2, 0) is 0 Å². The Morgan fingerprint density at radius 1 is 1.46 bits per heavy atom. The van der Waals surface area contributed by atoms with E-state index in [1.807, 2.05) is 6.92 Å².